The average Bonchev–Trinajstić information content (AvgIpc) is 2.68. The van der Waals surface area contributed by atoms with Gasteiger partial charge in [0.05, 0.1) is 12.4 Å². The van der Waals surface area contributed by atoms with Gasteiger partial charge in [0.1, 0.15) is 11.5 Å². The summed E-state index contributed by atoms with van der Waals surface area (Å²) < 4.78 is 0. The lowest BCUT2D eigenvalue weighted by Gasteiger charge is -2.13. The van der Waals surface area contributed by atoms with E-state index in [0.717, 1.165) is 11.3 Å². The molecule has 1 amide bonds. The molecule has 138 valence electrons. The fourth-order valence-electron chi connectivity index (χ4n) is 2.64. The fourth-order valence-corrected chi connectivity index (χ4v) is 2.76. The predicted octanol–water partition coefficient (Wildman–Crippen LogP) is 4.93. The number of aromatic nitrogens is 2. The molecule has 0 atom stereocenters. The van der Waals surface area contributed by atoms with Crippen LogP contribution in [0.2, 0.25) is 5.02 Å². The summed E-state index contributed by atoms with van der Waals surface area (Å²) >= 11 is 5.86. The first-order valence-corrected chi connectivity index (χ1v) is 9.11. The lowest BCUT2D eigenvalue weighted by molar-refractivity contribution is 0.0945. The molecule has 0 fully saturated rings. The second-order valence-corrected chi connectivity index (χ2v) is 6.90. The molecule has 3 rings (SSSR count). The van der Waals surface area contributed by atoms with Crippen LogP contribution in [0.5, 0.6) is 0 Å². The Morgan fingerprint density at radius 1 is 1.04 bits per heavy atom. The molecular formula is C21H21ClN4O. The van der Waals surface area contributed by atoms with Crippen LogP contribution in [0, 0.1) is 0 Å². The molecule has 0 aliphatic rings. The highest BCUT2D eigenvalue weighted by atomic mass is 35.5. The van der Waals surface area contributed by atoms with Crippen LogP contribution in [-0.2, 0) is 6.54 Å². The average molecular weight is 381 g/mol. The van der Waals surface area contributed by atoms with E-state index in [1.807, 2.05) is 30.3 Å². The number of carbonyl (C=O) groups excluding carboxylic acids is 1. The monoisotopic (exact) mass is 380 g/mol. The number of hydrogen-bond donors (Lipinski definition) is 2. The largest absolute Gasteiger partial charge is 0.347 e. The van der Waals surface area contributed by atoms with Gasteiger partial charge in [-0.2, -0.15) is 0 Å². The number of rotatable bonds is 6. The molecule has 0 bridgehead atoms. The highest BCUT2D eigenvalue weighted by molar-refractivity contribution is 6.30. The van der Waals surface area contributed by atoms with E-state index in [1.165, 1.54) is 11.8 Å². The number of anilines is 2. The van der Waals surface area contributed by atoms with Crippen molar-refractivity contribution in [3.63, 3.8) is 0 Å². The summed E-state index contributed by atoms with van der Waals surface area (Å²) in [7, 11) is 0. The van der Waals surface area contributed by atoms with E-state index < -0.39 is 0 Å². The Morgan fingerprint density at radius 2 is 1.78 bits per heavy atom. The molecule has 27 heavy (non-hydrogen) atoms. The third-order valence-electron chi connectivity index (χ3n) is 4.10. The van der Waals surface area contributed by atoms with Crippen LogP contribution in [0.3, 0.4) is 0 Å². The summed E-state index contributed by atoms with van der Waals surface area (Å²) in [5, 5.41) is 6.75. The Labute approximate surface area is 163 Å². The normalized spacial score (nSPS) is 10.7. The van der Waals surface area contributed by atoms with Gasteiger partial charge in [0.15, 0.2) is 0 Å². The molecule has 0 aliphatic heterocycles. The van der Waals surface area contributed by atoms with Crippen molar-refractivity contribution in [3.8, 4) is 0 Å². The van der Waals surface area contributed by atoms with Gasteiger partial charge in [-0.05, 0) is 35.2 Å². The van der Waals surface area contributed by atoms with Crippen LogP contribution in [0.4, 0.5) is 11.5 Å². The zero-order valence-corrected chi connectivity index (χ0v) is 16.0. The number of hydrogen-bond acceptors (Lipinski definition) is 4. The van der Waals surface area contributed by atoms with Crippen molar-refractivity contribution in [1.82, 2.24) is 15.3 Å². The van der Waals surface area contributed by atoms with Gasteiger partial charge in [-0.1, -0.05) is 55.8 Å². The van der Waals surface area contributed by atoms with E-state index in [9.17, 15) is 4.79 Å². The first-order chi connectivity index (χ1) is 13.0. The smallest absolute Gasteiger partial charge is 0.271 e. The number of nitrogens with zero attached hydrogens (tertiary/aromatic N) is 2. The summed E-state index contributed by atoms with van der Waals surface area (Å²) in [5.41, 5.74) is 3.42. The summed E-state index contributed by atoms with van der Waals surface area (Å²) in [6, 6.07) is 15.4. The molecule has 2 aromatic carbocycles. The van der Waals surface area contributed by atoms with E-state index >= 15 is 0 Å². The molecule has 0 saturated heterocycles. The summed E-state index contributed by atoms with van der Waals surface area (Å²) in [5.74, 6) is 0.712. The summed E-state index contributed by atoms with van der Waals surface area (Å²) in [4.78, 5) is 20.8. The second-order valence-electron chi connectivity index (χ2n) is 6.46. The third kappa shape index (κ3) is 5.05. The van der Waals surface area contributed by atoms with E-state index in [0.29, 0.717) is 23.3 Å². The predicted molar refractivity (Wildman–Crippen MR) is 108 cm³/mol. The number of nitrogens with one attached hydrogen (secondary N) is 2. The molecule has 1 aromatic heterocycles. The molecule has 6 heteroatoms. The number of amides is 1. The lowest BCUT2D eigenvalue weighted by Crippen LogP contribution is -2.24. The molecule has 5 nitrogen and oxygen atoms in total. The molecule has 0 aliphatic carbocycles. The topological polar surface area (TPSA) is 66.9 Å². The van der Waals surface area contributed by atoms with Gasteiger partial charge in [0.25, 0.3) is 5.91 Å². The van der Waals surface area contributed by atoms with Gasteiger partial charge in [-0.15, -0.1) is 0 Å². The maximum absolute atomic E-state index is 12.2. The standard InChI is InChI=1S/C21H21ClN4O/c1-14(2)17-5-3-4-6-18(17)26-20-13-23-19(12-24-20)21(27)25-11-15-7-9-16(22)10-8-15/h3-10,12-14H,11H2,1-2H3,(H,24,26)(H,25,27). The van der Waals surface area contributed by atoms with E-state index in [1.54, 1.807) is 18.3 Å². The van der Waals surface area contributed by atoms with Crippen molar-refractivity contribution < 1.29 is 4.79 Å². The Bertz CT molecular complexity index is 908. The molecule has 2 N–H and O–H groups in total. The van der Waals surface area contributed by atoms with Crippen LogP contribution < -0.4 is 10.6 Å². The van der Waals surface area contributed by atoms with Crippen LogP contribution in [0.25, 0.3) is 0 Å². The zero-order valence-electron chi connectivity index (χ0n) is 15.2. The van der Waals surface area contributed by atoms with Crippen LogP contribution >= 0.6 is 11.6 Å². The van der Waals surface area contributed by atoms with Crippen LogP contribution in [0.1, 0.15) is 41.4 Å². The van der Waals surface area contributed by atoms with E-state index in [-0.39, 0.29) is 11.6 Å². The summed E-state index contributed by atoms with van der Waals surface area (Å²) in [6.45, 7) is 4.68. The Morgan fingerprint density at radius 3 is 2.44 bits per heavy atom. The van der Waals surface area contributed by atoms with Gasteiger partial charge < -0.3 is 10.6 Å². The van der Waals surface area contributed by atoms with Crippen molar-refractivity contribution >= 4 is 29.0 Å². The van der Waals surface area contributed by atoms with Gasteiger partial charge in [-0.25, -0.2) is 9.97 Å². The number of carbonyl (C=O) groups is 1. The Hall–Kier alpha value is -2.92. The van der Waals surface area contributed by atoms with Crippen LogP contribution in [-0.4, -0.2) is 15.9 Å². The highest BCUT2D eigenvalue weighted by Gasteiger charge is 2.10. The maximum Gasteiger partial charge on any atom is 0.271 e. The number of benzene rings is 2. The molecule has 0 radical (unpaired) electrons. The van der Waals surface area contributed by atoms with E-state index in [2.05, 4.69) is 40.5 Å². The van der Waals surface area contributed by atoms with Gasteiger partial charge >= 0.3 is 0 Å². The van der Waals surface area contributed by atoms with Crippen molar-refractivity contribution in [3.05, 3.63) is 82.8 Å². The minimum Gasteiger partial charge on any atom is -0.347 e. The molecule has 0 saturated carbocycles. The summed E-state index contributed by atoms with van der Waals surface area (Å²) in [6.07, 6.45) is 3.03. The highest BCUT2D eigenvalue weighted by Crippen LogP contribution is 2.25. The van der Waals surface area contributed by atoms with Gasteiger partial charge in [0.2, 0.25) is 0 Å². The molecule has 0 spiro atoms. The number of para-hydroxylation sites is 1. The lowest BCUT2D eigenvalue weighted by atomic mass is 10.0. The van der Waals surface area contributed by atoms with Gasteiger partial charge in [0, 0.05) is 17.3 Å². The molecule has 3 aromatic rings. The fraction of sp³-hybridized carbons (Fsp3) is 0.190. The first-order valence-electron chi connectivity index (χ1n) is 8.73. The van der Waals surface area contributed by atoms with Crippen molar-refractivity contribution in [2.45, 2.75) is 26.3 Å². The van der Waals surface area contributed by atoms with E-state index in [4.69, 9.17) is 11.6 Å². The Balaban J connectivity index is 1.63. The van der Waals surface area contributed by atoms with Crippen molar-refractivity contribution in [2.75, 3.05) is 5.32 Å². The number of halogens is 1. The Kier molecular flexibility index (Phi) is 6.04. The maximum atomic E-state index is 12.2. The minimum absolute atomic E-state index is 0.270. The molecule has 0 unspecified atom stereocenters. The quantitative estimate of drug-likeness (QED) is 0.636. The SMILES string of the molecule is CC(C)c1ccccc1Nc1cnc(C(=O)NCc2ccc(Cl)cc2)cn1. The third-order valence-corrected chi connectivity index (χ3v) is 4.35. The minimum atomic E-state index is -0.272. The second kappa shape index (κ2) is 8.64. The van der Waals surface area contributed by atoms with Crippen LogP contribution in [0.15, 0.2) is 60.9 Å². The first kappa shape index (κ1) is 18.9. The van der Waals surface area contributed by atoms with Crippen molar-refractivity contribution in [2.24, 2.45) is 0 Å². The van der Waals surface area contributed by atoms with Gasteiger partial charge in [-0.3, -0.25) is 4.79 Å². The zero-order chi connectivity index (χ0) is 19.2. The molecule has 1 heterocycles. The molecular weight excluding hydrogens is 360 g/mol. The van der Waals surface area contributed by atoms with Crippen molar-refractivity contribution in [1.29, 1.82) is 0 Å².